The van der Waals surface area contributed by atoms with Gasteiger partial charge >= 0.3 is 0 Å². The molecule has 1 atom stereocenters. The van der Waals surface area contributed by atoms with Crippen LogP contribution in [0, 0.1) is 0 Å². The van der Waals surface area contributed by atoms with E-state index >= 15 is 0 Å². The van der Waals surface area contributed by atoms with Gasteiger partial charge in [0.25, 0.3) is 5.91 Å². The Balaban J connectivity index is 1.41. The first-order chi connectivity index (χ1) is 15.3. The Morgan fingerprint density at radius 3 is 2.77 bits per heavy atom. The standard InChI is InChI=1S/C23H21N5O3/c29-23(20-6-1-2-7-21(20)28-25-8-9-26-28)27-11-13-30-16-19(27)15-17-4-3-5-18(14-17)22-24-10-12-31-22/h1-10,12,14,19H,11,13,15-16H2/t19-/m1/s1. The molecule has 1 saturated heterocycles. The highest BCUT2D eigenvalue weighted by Gasteiger charge is 2.30. The zero-order valence-corrected chi connectivity index (χ0v) is 16.8. The Kier molecular flexibility index (Phi) is 5.28. The van der Waals surface area contributed by atoms with Crippen LogP contribution >= 0.6 is 0 Å². The van der Waals surface area contributed by atoms with Crippen molar-refractivity contribution in [3.8, 4) is 17.1 Å². The quantitative estimate of drug-likeness (QED) is 0.498. The van der Waals surface area contributed by atoms with E-state index in [1.807, 2.05) is 53.4 Å². The average molecular weight is 415 g/mol. The summed E-state index contributed by atoms with van der Waals surface area (Å²) in [5.74, 6) is 0.528. The lowest BCUT2D eigenvalue weighted by Crippen LogP contribution is -2.50. The van der Waals surface area contributed by atoms with Crippen LogP contribution in [0.25, 0.3) is 17.1 Å². The summed E-state index contributed by atoms with van der Waals surface area (Å²) >= 11 is 0. The van der Waals surface area contributed by atoms with Crippen LogP contribution in [0.5, 0.6) is 0 Å². The molecule has 5 rings (SSSR count). The molecule has 1 fully saturated rings. The molecule has 31 heavy (non-hydrogen) atoms. The maximum absolute atomic E-state index is 13.5. The summed E-state index contributed by atoms with van der Waals surface area (Å²) in [7, 11) is 0. The summed E-state index contributed by atoms with van der Waals surface area (Å²) in [5.41, 5.74) is 3.23. The van der Waals surface area contributed by atoms with E-state index < -0.39 is 0 Å². The third-order valence-electron chi connectivity index (χ3n) is 5.33. The number of oxazole rings is 1. The normalized spacial score (nSPS) is 16.4. The van der Waals surface area contributed by atoms with Crippen molar-refractivity contribution in [2.24, 2.45) is 0 Å². The van der Waals surface area contributed by atoms with Gasteiger partial charge in [-0.25, -0.2) is 4.98 Å². The molecule has 0 bridgehead atoms. The zero-order valence-electron chi connectivity index (χ0n) is 16.8. The van der Waals surface area contributed by atoms with Gasteiger partial charge in [-0.1, -0.05) is 24.3 Å². The number of aromatic nitrogens is 4. The van der Waals surface area contributed by atoms with Crippen molar-refractivity contribution in [2.75, 3.05) is 19.8 Å². The Bertz CT molecular complexity index is 1160. The van der Waals surface area contributed by atoms with Crippen LogP contribution in [0.2, 0.25) is 0 Å². The molecule has 2 aromatic carbocycles. The third-order valence-corrected chi connectivity index (χ3v) is 5.33. The van der Waals surface area contributed by atoms with E-state index in [2.05, 4.69) is 15.2 Å². The lowest BCUT2D eigenvalue weighted by Gasteiger charge is -2.36. The van der Waals surface area contributed by atoms with Crippen molar-refractivity contribution in [2.45, 2.75) is 12.5 Å². The molecule has 1 aliphatic rings. The summed E-state index contributed by atoms with van der Waals surface area (Å²) < 4.78 is 11.1. The van der Waals surface area contributed by atoms with Gasteiger partial charge in [0, 0.05) is 12.1 Å². The fourth-order valence-electron chi connectivity index (χ4n) is 3.88. The van der Waals surface area contributed by atoms with E-state index in [0.717, 1.165) is 11.1 Å². The van der Waals surface area contributed by atoms with Crippen LogP contribution in [0.3, 0.4) is 0 Å². The largest absolute Gasteiger partial charge is 0.445 e. The molecular weight excluding hydrogens is 394 g/mol. The number of rotatable bonds is 5. The molecule has 3 heterocycles. The molecule has 0 radical (unpaired) electrons. The van der Waals surface area contributed by atoms with Crippen molar-refractivity contribution in [1.29, 1.82) is 0 Å². The number of nitrogens with zero attached hydrogens (tertiary/aromatic N) is 5. The van der Waals surface area contributed by atoms with Crippen LogP contribution in [0.15, 0.2) is 77.8 Å². The highest BCUT2D eigenvalue weighted by atomic mass is 16.5. The van der Waals surface area contributed by atoms with Gasteiger partial charge in [-0.15, -0.1) is 0 Å². The van der Waals surface area contributed by atoms with Crippen molar-refractivity contribution in [1.82, 2.24) is 24.9 Å². The smallest absolute Gasteiger partial charge is 0.256 e. The Morgan fingerprint density at radius 1 is 1.06 bits per heavy atom. The number of carbonyl (C=O) groups is 1. The molecular formula is C23H21N5O3. The van der Waals surface area contributed by atoms with E-state index in [-0.39, 0.29) is 11.9 Å². The van der Waals surface area contributed by atoms with Crippen molar-refractivity contribution < 1.29 is 13.9 Å². The SMILES string of the molecule is O=C(c1ccccc1-n1nccn1)N1CCOC[C@H]1Cc1cccc(-c2ncco2)c1. The number of ether oxygens (including phenoxy) is 1. The Hall–Kier alpha value is -3.78. The fourth-order valence-corrected chi connectivity index (χ4v) is 3.88. The average Bonchev–Trinajstić information content (AvgIpc) is 3.54. The van der Waals surface area contributed by atoms with Crippen LogP contribution < -0.4 is 0 Å². The second-order valence-corrected chi connectivity index (χ2v) is 7.30. The van der Waals surface area contributed by atoms with Gasteiger partial charge in [-0.05, 0) is 36.2 Å². The molecule has 1 aliphatic heterocycles. The summed E-state index contributed by atoms with van der Waals surface area (Å²) in [4.78, 5) is 21.1. The summed E-state index contributed by atoms with van der Waals surface area (Å²) in [6, 6.07) is 15.3. The monoisotopic (exact) mass is 415 g/mol. The minimum absolute atomic E-state index is 0.0509. The first-order valence-corrected chi connectivity index (χ1v) is 10.1. The number of carbonyl (C=O) groups excluding carboxylic acids is 1. The van der Waals surface area contributed by atoms with Gasteiger partial charge in [0.1, 0.15) is 6.26 Å². The molecule has 8 nitrogen and oxygen atoms in total. The molecule has 4 aromatic rings. The van der Waals surface area contributed by atoms with E-state index in [1.54, 1.807) is 24.9 Å². The molecule has 0 saturated carbocycles. The fraction of sp³-hybridized carbons (Fsp3) is 0.217. The zero-order chi connectivity index (χ0) is 21.0. The van der Waals surface area contributed by atoms with Gasteiger partial charge in [0.05, 0.1) is 49.1 Å². The van der Waals surface area contributed by atoms with Crippen LogP contribution in [0.4, 0.5) is 0 Å². The number of para-hydroxylation sites is 1. The Labute approximate surface area is 179 Å². The molecule has 0 aliphatic carbocycles. The van der Waals surface area contributed by atoms with Crippen molar-refractivity contribution >= 4 is 5.91 Å². The van der Waals surface area contributed by atoms with Gasteiger partial charge in [-0.2, -0.15) is 15.0 Å². The molecule has 2 aromatic heterocycles. The van der Waals surface area contributed by atoms with Crippen molar-refractivity contribution in [3.63, 3.8) is 0 Å². The summed E-state index contributed by atoms with van der Waals surface area (Å²) in [5, 5.41) is 8.38. The number of hydrogen-bond donors (Lipinski definition) is 0. The van der Waals surface area contributed by atoms with E-state index in [9.17, 15) is 4.79 Å². The maximum atomic E-state index is 13.5. The summed E-state index contributed by atoms with van der Waals surface area (Å²) in [6.45, 7) is 1.53. The molecule has 0 N–H and O–H groups in total. The first kappa shape index (κ1) is 19.2. The lowest BCUT2D eigenvalue weighted by atomic mass is 10.0. The van der Waals surface area contributed by atoms with Gasteiger partial charge in [-0.3, -0.25) is 4.79 Å². The van der Waals surface area contributed by atoms with E-state index in [4.69, 9.17) is 9.15 Å². The van der Waals surface area contributed by atoms with Crippen LogP contribution in [-0.4, -0.2) is 56.6 Å². The van der Waals surface area contributed by atoms with E-state index in [1.165, 1.54) is 4.80 Å². The van der Waals surface area contributed by atoms with Gasteiger partial charge in [0.15, 0.2) is 0 Å². The molecule has 0 spiro atoms. The molecule has 1 amide bonds. The van der Waals surface area contributed by atoms with Gasteiger partial charge in [0.2, 0.25) is 5.89 Å². The molecule has 156 valence electrons. The molecule has 8 heteroatoms. The predicted octanol–water partition coefficient (Wildman–Crippen LogP) is 3.01. The third kappa shape index (κ3) is 3.97. The first-order valence-electron chi connectivity index (χ1n) is 10.1. The van der Waals surface area contributed by atoms with E-state index in [0.29, 0.717) is 43.3 Å². The summed E-state index contributed by atoms with van der Waals surface area (Å²) in [6.07, 6.45) is 7.05. The second kappa shape index (κ2) is 8.53. The number of hydrogen-bond acceptors (Lipinski definition) is 6. The Morgan fingerprint density at radius 2 is 1.94 bits per heavy atom. The minimum atomic E-state index is -0.0836. The number of morpholine rings is 1. The van der Waals surface area contributed by atoms with Crippen LogP contribution in [-0.2, 0) is 11.2 Å². The number of amides is 1. The highest BCUT2D eigenvalue weighted by molar-refractivity contribution is 5.98. The van der Waals surface area contributed by atoms with Crippen molar-refractivity contribution in [3.05, 3.63) is 84.5 Å². The topological polar surface area (TPSA) is 86.3 Å². The van der Waals surface area contributed by atoms with Gasteiger partial charge < -0.3 is 14.1 Å². The number of benzene rings is 2. The highest BCUT2D eigenvalue weighted by Crippen LogP contribution is 2.23. The van der Waals surface area contributed by atoms with Crippen LogP contribution in [0.1, 0.15) is 15.9 Å². The predicted molar refractivity (Wildman–Crippen MR) is 113 cm³/mol. The second-order valence-electron chi connectivity index (χ2n) is 7.30. The minimum Gasteiger partial charge on any atom is -0.445 e. The maximum Gasteiger partial charge on any atom is 0.256 e. The lowest BCUT2D eigenvalue weighted by molar-refractivity contribution is -0.00164. The molecule has 0 unspecified atom stereocenters.